The van der Waals surface area contributed by atoms with Crippen LogP contribution in [0.1, 0.15) is 54.9 Å². The van der Waals surface area contributed by atoms with E-state index in [9.17, 15) is 4.79 Å². The molecule has 0 aliphatic heterocycles. The normalized spacial score (nSPS) is 17.4. The molecule has 1 N–H and O–H groups in total. The fraction of sp³-hybridized carbons (Fsp3) is 0.562. The third-order valence-corrected chi connectivity index (χ3v) is 5.35. The Balaban J connectivity index is 1.99. The summed E-state index contributed by atoms with van der Waals surface area (Å²) in [4.78, 5) is 12.2. The molecule has 1 aromatic rings. The number of rotatable bonds is 4. The quantitative estimate of drug-likeness (QED) is 0.870. The van der Waals surface area contributed by atoms with Gasteiger partial charge in [-0.05, 0) is 55.4 Å². The van der Waals surface area contributed by atoms with Crippen molar-refractivity contribution in [3.8, 4) is 0 Å². The van der Waals surface area contributed by atoms with Crippen molar-refractivity contribution in [2.24, 2.45) is 5.41 Å². The van der Waals surface area contributed by atoms with E-state index in [-0.39, 0.29) is 5.91 Å². The maximum atomic E-state index is 12.2. The second-order valence-electron chi connectivity index (χ2n) is 5.71. The summed E-state index contributed by atoms with van der Waals surface area (Å²) >= 11 is 3.46. The van der Waals surface area contributed by atoms with E-state index in [1.54, 1.807) is 0 Å². The summed E-state index contributed by atoms with van der Waals surface area (Å²) in [5.41, 5.74) is 2.20. The van der Waals surface area contributed by atoms with Crippen LogP contribution in [-0.4, -0.2) is 12.5 Å². The Morgan fingerprint density at radius 3 is 2.63 bits per heavy atom. The molecule has 19 heavy (non-hydrogen) atoms. The highest BCUT2D eigenvalue weighted by Crippen LogP contribution is 2.40. The number of carbonyl (C=O) groups is 1. The largest absolute Gasteiger partial charge is 0.351 e. The monoisotopic (exact) mass is 323 g/mol. The number of carbonyl (C=O) groups excluding carboxylic acids is 1. The Hall–Kier alpha value is -0.830. The number of amides is 1. The minimum atomic E-state index is 0.0512. The van der Waals surface area contributed by atoms with Gasteiger partial charge in [0.2, 0.25) is 0 Å². The predicted octanol–water partition coefficient (Wildman–Crippen LogP) is 4.46. The first-order valence-corrected chi connectivity index (χ1v) is 7.90. The molecule has 2 rings (SSSR count). The van der Waals surface area contributed by atoms with Gasteiger partial charge in [-0.25, -0.2) is 0 Å². The predicted molar refractivity (Wildman–Crippen MR) is 82.4 cm³/mol. The topological polar surface area (TPSA) is 29.1 Å². The van der Waals surface area contributed by atoms with Crippen molar-refractivity contribution in [2.45, 2.75) is 46.0 Å². The van der Waals surface area contributed by atoms with Crippen LogP contribution in [0, 0.1) is 12.3 Å². The fourth-order valence-corrected chi connectivity index (χ4v) is 3.18. The molecule has 104 valence electrons. The average Bonchev–Trinajstić information content (AvgIpc) is 2.89. The lowest BCUT2D eigenvalue weighted by molar-refractivity contribution is 0.0928. The van der Waals surface area contributed by atoms with Gasteiger partial charge in [0.1, 0.15) is 0 Å². The molecule has 1 fully saturated rings. The van der Waals surface area contributed by atoms with Gasteiger partial charge in [0.25, 0.3) is 5.91 Å². The molecule has 1 aromatic carbocycles. The van der Waals surface area contributed by atoms with E-state index in [1.807, 2.05) is 25.1 Å². The third-order valence-electron chi connectivity index (χ3n) is 4.46. The SMILES string of the molecule is CCC1(CNC(=O)c2ccc(Br)c(C)c2)CCCC1. The molecule has 3 heteroatoms. The summed E-state index contributed by atoms with van der Waals surface area (Å²) in [5.74, 6) is 0.0512. The van der Waals surface area contributed by atoms with Crippen molar-refractivity contribution in [1.82, 2.24) is 5.32 Å². The average molecular weight is 324 g/mol. The van der Waals surface area contributed by atoms with E-state index in [0.29, 0.717) is 5.41 Å². The zero-order valence-electron chi connectivity index (χ0n) is 11.8. The lowest BCUT2D eigenvalue weighted by Gasteiger charge is -2.27. The molecule has 0 unspecified atom stereocenters. The highest BCUT2D eigenvalue weighted by Gasteiger charge is 2.32. The lowest BCUT2D eigenvalue weighted by atomic mass is 9.83. The van der Waals surface area contributed by atoms with E-state index >= 15 is 0 Å². The summed E-state index contributed by atoms with van der Waals surface area (Å²) < 4.78 is 1.05. The first kappa shape index (κ1) is 14.6. The molecule has 1 aliphatic rings. The van der Waals surface area contributed by atoms with Crippen LogP contribution in [0.15, 0.2) is 22.7 Å². The summed E-state index contributed by atoms with van der Waals surface area (Å²) in [6.45, 7) is 5.06. The molecule has 2 nitrogen and oxygen atoms in total. The van der Waals surface area contributed by atoms with Gasteiger partial charge in [0.15, 0.2) is 0 Å². The summed E-state index contributed by atoms with van der Waals surface area (Å²) in [7, 11) is 0. The van der Waals surface area contributed by atoms with Crippen LogP contribution in [0.5, 0.6) is 0 Å². The van der Waals surface area contributed by atoms with E-state index < -0.39 is 0 Å². The molecule has 0 radical (unpaired) electrons. The summed E-state index contributed by atoms with van der Waals surface area (Å²) in [5, 5.41) is 3.13. The zero-order chi connectivity index (χ0) is 13.9. The van der Waals surface area contributed by atoms with Gasteiger partial charge in [-0.2, -0.15) is 0 Å². The van der Waals surface area contributed by atoms with Crippen LogP contribution in [0.4, 0.5) is 0 Å². The van der Waals surface area contributed by atoms with Gasteiger partial charge in [0.05, 0.1) is 0 Å². The molecule has 0 aromatic heterocycles. The van der Waals surface area contributed by atoms with E-state index in [4.69, 9.17) is 0 Å². The van der Waals surface area contributed by atoms with Gasteiger partial charge in [0, 0.05) is 16.6 Å². The molecule has 0 bridgehead atoms. The number of hydrogen-bond donors (Lipinski definition) is 1. The Kier molecular flexibility index (Phi) is 4.67. The Morgan fingerprint density at radius 1 is 1.37 bits per heavy atom. The van der Waals surface area contributed by atoms with E-state index in [1.165, 1.54) is 25.7 Å². The highest BCUT2D eigenvalue weighted by molar-refractivity contribution is 9.10. The number of hydrogen-bond acceptors (Lipinski definition) is 1. The number of benzene rings is 1. The van der Waals surface area contributed by atoms with Crippen molar-refractivity contribution in [3.05, 3.63) is 33.8 Å². The lowest BCUT2D eigenvalue weighted by Crippen LogP contribution is -2.35. The van der Waals surface area contributed by atoms with E-state index in [2.05, 4.69) is 28.2 Å². The van der Waals surface area contributed by atoms with Gasteiger partial charge in [-0.15, -0.1) is 0 Å². The highest BCUT2D eigenvalue weighted by atomic mass is 79.9. The minimum absolute atomic E-state index is 0.0512. The number of nitrogens with one attached hydrogen (secondary N) is 1. The molecular formula is C16H22BrNO. The Bertz CT molecular complexity index is 464. The van der Waals surface area contributed by atoms with Crippen LogP contribution in [0.25, 0.3) is 0 Å². The second-order valence-corrected chi connectivity index (χ2v) is 6.56. The van der Waals surface area contributed by atoms with Gasteiger partial charge < -0.3 is 5.32 Å². The van der Waals surface area contributed by atoms with Gasteiger partial charge in [-0.1, -0.05) is 35.7 Å². The first-order chi connectivity index (χ1) is 9.06. The second kappa shape index (κ2) is 6.08. The minimum Gasteiger partial charge on any atom is -0.351 e. The standard InChI is InChI=1S/C16H22BrNO/c1-3-16(8-4-5-9-16)11-18-15(19)13-6-7-14(17)12(2)10-13/h6-7,10H,3-5,8-9,11H2,1-2H3,(H,18,19). The van der Waals surface area contributed by atoms with Crippen LogP contribution >= 0.6 is 15.9 Å². The van der Waals surface area contributed by atoms with Crippen LogP contribution in [0.3, 0.4) is 0 Å². The van der Waals surface area contributed by atoms with Crippen molar-refractivity contribution in [3.63, 3.8) is 0 Å². The Labute approximate surface area is 124 Å². The molecule has 0 atom stereocenters. The Morgan fingerprint density at radius 2 is 2.05 bits per heavy atom. The van der Waals surface area contributed by atoms with Crippen molar-refractivity contribution < 1.29 is 4.79 Å². The van der Waals surface area contributed by atoms with Crippen LogP contribution in [-0.2, 0) is 0 Å². The smallest absolute Gasteiger partial charge is 0.251 e. The molecule has 1 saturated carbocycles. The van der Waals surface area contributed by atoms with Gasteiger partial charge in [-0.3, -0.25) is 4.79 Å². The molecular weight excluding hydrogens is 302 g/mol. The van der Waals surface area contributed by atoms with Gasteiger partial charge >= 0.3 is 0 Å². The molecule has 0 spiro atoms. The maximum Gasteiger partial charge on any atom is 0.251 e. The van der Waals surface area contributed by atoms with Crippen molar-refractivity contribution in [2.75, 3.05) is 6.54 Å². The van der Waals surface area contributed by atoms with E-state index in [0.717, 1.165) is 28.6 Å². The summed E-state index contributed by atoms with van der Waals surface area (Å²) in [6, 6.07) is 5.75. The molecule has 1 aliphatic carbocycles. The van der Waals surface area contributed by atoms with Crippen LogP contribution in [0.2, 0.25) is 0 Å². The third kappa shape index (κ3) is 3.38. The van der Waals surface area contributed by atoms with Crippen molar-refractivity contribution in [1.29, 1.82) is 0 Å². The molecule has 0 saturated heterocycles. The van der Waals surface area contributed by atoms with Crippen LogP contribution < -0.4 is 5.32 Å². The maximum absolute atomic E-state index is 12.2. The number of halogens is 1. The fourth-order valence-electron chi connectivity index (χ4n) is 2.94. The zero-order valence-corrected chi connectivity index (χ0v) is 13.3. The first-order valence-electron chi connectivity index (χ1n) is 7.11. The molecule has 1 amide bonds. The van der Waals surface area contributed by atoms with Crippen molar-refractivity contribution >= 4 is 21.8 Å². The number of aryl methyl sites for hydroxylation is 1. The summed E-state index contributed by atoms with van der Waals surface area (Å²) in [6.07, 6.45) is 6.28. The molecule has 0 heterocycles.